The van der Waals surface area contributed by atoms with Crippen LogP contribution in [0.15, 0.2) is 12.7 Å². The average Bonchev–Trinajstić information content (AvgIpc) is 2.00. The molecule has 0 radical (unpaired) electrons. The van der Waals surface area contributed by atoms with Gasteiger partial charge < -0.3 is 11.3 Å². The fraction of sp³-hybridized carbons (Fsp3) is 0.571. The van der Waals surface area contributed by atoms with Crippen LogP contribution in [0.5, 0.6) is 0 Å². The van der Waals surface area contributed by atoms with Crippen molar-refractivity contribution < 1.29 is 38.0 Å². The van der Waals surface area contributed by atoms with Gasteiger partial charge in [0.05, 0.1) is 23.5 Å². The smallest absolute Gasteiger partial charge is 1.00 e. The van der Waals surface area contributed by atoms with Gasteiger partial charge in [-0.25, -0.2) is 4.21 Å². The number of carbonyl (C=O) groups excluding carboxylic acids is 1. The van der Waals surface area contributed by atoms with E-state index in [1.54, 1.807) is 13.8 Å². The molecule has 0 saturated carbocycles. The molecule has 7 heteroatoms. The second-order valence-electron chi connectivity index (χ2n) is 3.04. The van der Waals surface area contributed by atoms with Crippen molar-refractivity contribution in [3.63, 3.8) is 0 Å². The van der Waals surface area contributed by atoms with Gasteiger partial charge in [0.15, 0.2) is 0 Å². The van der Waals surface area contributed by atoms with Crippen LogP contribution in [0.4, 0.5) is 0 Å². The van der Waals surface area contributed by atoms with Crippen molar-refractivity contribution in [2.24, 2.45) is 0 Å². The van der Waals surface area contributed by atoms with E-state index in [2.05, 4.69) is 16.1 Å². The number of nitrogens with one attached hydrogen (secondary N) is 1. The van der Waals surface area contributed by atoms with Gasteiger partial charge in [-0.2, -0.15) is 0 Å². The summed E-state index contributed by atoms with van der Waals surface area (Å²) >= 11 is -2.56. The Morgan fingerprint density at radius 1 is 1.79 bits per heavy atom. The SMILES string of the molecule is C=CC(=O)NC(C)(C)COS(=O)[O-].[H-].[Li+]. The monoisotopic (exact) mass is 214 g/mol. The Hall–Kier alpha value is -0.123. The maximum Gasteiger partial charge on any atom is 1.00 e. The minimum Gasteiger partial charge on any atom is -1.00 e. The third-order valence-electron chi connectivity index (χ3n) is 1.16. The van der Waals surface area contributed by atoms with Crippen LogP contribution in [-0.4, -0.2) is 26.8 Å². The molecule has 14 heavy (non-hydrogen) atoms. The van der Waals surface area contributed by atoms with Gasteiger partial charge in [-0.05, 0) is 19.9 Å². The molecule has 0 spiro atoms. The minimum absolute atomic E-state index is 0. The van der Waals surface area contributed by atoms with Gasteiger partial charge in [0.2, 0.25) is 5.91 Å². The molecule has 0 saturated heterocycles. The van der Waals surface area contributed by atoms with Crippen molar-refractivity contribution >= 4 is 17.3 Å². The first-order valence-corrected chi connectivity index (χ1v) is 4.54. The van der Waals surface area contributed by atoms with Crippen LogP contribution in [0.3, 0.4) is 0 Å². The summed E-state index contributed by atoms with van der Waals surface area (Å²) in [6, 6.07) is 0. The zero-order chi connectivity index (χ0) is 10.5. The first-order chi connectivity index (χ1) is 5.87. The van der Waals surface area contributed by atoms with Crippen LogP contribution in [0.1, 0.15) is 15.3 Å². The van der Waals surface area contributed by atoms with Crippen molar-refractivity contribution in [1.29, 1.82) is 0 Å². The Balaban J connectivity index is -0.000000720. The fourth-order valence-electron chi connectivity index (χ4n) is 0.616. The number of hydrogen-bond donors (Lipinski definition) is 1. The van der Waals surface area contributed by atoms with Crippen LogP contribution in [0, 0.1) is 0 Å². The summed E-state index contributed by atoms with van der Waals surface area (Å²) < 4.78 is 24.4. The largest absolute Gasteiger partial charge is 1.00 e. The summed E-state index contributed by atoms with van der Waals surface area (Å²) in [6.45, 7) is 6.44. The van der Waals surface area contributed by atoms with Gasteiger partial charge in [0, 0.05) is 0 Å². The Morgan fingerprint density at radius 2 is 2.29 bits per heavy atom. The molecule has 78 valence electrons. The molecule has 0 aromatic carbocycles. The number of hydrogen-bond acceptors (Lipinski definition) is 4. The van der Waals surface area contributed by atoms with E-state index in [0.717, 1.165) is 6.08 Å². The van der Waals surface area contributed by atoms with Crippen molar-refractivity contribution in [1.82, 2.24) is 5.32 Å². The molecule has 0 aliphatic rings. The Kier molecular flexibility index (Phi) is 8.40. The predicted octanol–water partition coefficient (Wildman–Crippen LogP) is -3.01. The topological polar surface area (TPSA) is 78.5 Å². The summed E-state index contributed by atoms with van der Waals surface area (Å²) in [5.41, 5.74) is -0.731. The number of rotatable bonds is 5. The van der Waals surface area contributed by atoms with E-state index in [4.69, 9.17) is 0 Å². The third-order valence-corrected chi connectivity index (χ3v) is 1.47. The molecular weight excluding hydrogens is 201 g/mol. The zero-order valence-electron chi connectivity index (χ0n) is 9.53. The van der Waals surface area contributed by atoms with Crippen LogP contribution in [0.25, 0.3) is 0 Å². The van der Waals surface area contributed by atoms with E-state index >= 15 is 0 Å². The summed E-state index contributed by atoms with van der Waals surface area (Å²) in [7, 11) is 0. The van der Waals surface area contributed by atoms with E-state index in [1.165, 1.54) is 0 Å². The Morgan fingerprint density at radius 3 is 2.64 bits per heavy atom. The second-order valence-corrected chi connectivity index (χ2v) is 3.69. The quantitative estimate of drug-likeness (QED) is 0.300. The first kappa shape index (κ1) is 16.3. The van der Waals surface area contributed by atoms with E-state index in [0.29, 0.717) is 0 Å². The molecule has 0 fully saturated rings. The second kappa shape index (κ2) is 7.21. The van der Waals surface area contributed by atoms with E-state index < -0.39 is 16.9 Å². The molecule has 0 aliphatic carbocycles. The van der Waals surface area contributed by atoms with Crippen LogP contribution in [0.2, 0.25) is 0 Å². The summed E-state index contributed by atoms with van der Waals surface area (Å²) in [6.07, 6.45) is 1.11. The van der Waals surface area contributed by atoms with Crippen LogP contribution >= 0.6 is 0 Å². The molecule has 1 amide bonds. The Bertz CT molecular complexity index is 237. The third kappa shape index (κ3) is 8.47. The maximum absolute atomic E-state index is 10.8. The molecule has 1 unspecified atom stereocenters. The van der Waals surface area contributed by atoms with E-state index in [-0.39, 0.29) is 32.8 Å². The van der Waals surface area contributed by atoms with Gasteiger partial charge in [0.1, 0.15) is 0 Å². The van der Waals surface area contributed by atoms with Crippen molar-refractivity contribution in [3.05, 3.63) is 12.7 Å². The van der Waals surface area contributed by atoms with Gasteiger partial charge in [-0.1, -0.05) is 6.58 Å². The molecule has 0 aliphatic heterocycles. The minimum atomic E-state index is -2.56. The van der Waals surface area contributed by atoms with Gasteiger partial charge >= 0.3 is 18.9 Å². The number of carbonyl (C=O) groups is 1. The fourth-order valence-corrected chi connectivity index (χ4v) is 1.01. The van der Waals surface area contributed by atoms with E-state index in [9.17, 15) is 13.6 Å². The van der Waals surface area contributed by atoms with Crippen molar-refractivity contribution in [3.8, 4) is 0 Å². The van der Waals surface area contributed by atoms with Crippen molar-refractivity contribution in [2.75, 3.05) is 6.61 Å². The average molecular weight is 214 g/mol. The Labute approximate surface area is 99.4 Å². The summed E-state index contributed by atoms with van der Waals surface area (Å²) in [4.78, 5) is 10.8. The predicted molar refractivity (Wildman–Crippen MR) is 48.4 cm³/mol. The van der Waals surface area contributed by atoms with Gasteiger partial charge in [0.25, 0.3) is 0 Å². The molecule has 1 N–H and O–H groups in total. The standard InChI is InChI=1S/C7H13NO4S.Li.H/c1-4-6(9)8-7(2,3)5-12-13(10)11;;/h4H,1,5H2,2-3H3,(H,8,9)(H,10,11);;/q;+1;-1/p-1. The molecule has 0 heterocycles. The first-order valence-electron chi connectivity index (χ1n) is 3.54. The molecule has 5 nitrogen and oxygen atoms in total. The van der Waals surface area contributed by atoms with Gasteiger partial charge in [-0.3, -0.25) is 8.98 Å². The summed E-state index contributed by atoms with van der Waals surface area (Å²) in [5.74, 6) is -0.370. The van der Waals surface area contributed by atoms with Crippen LogP contribution in [-0.2, 0) is 20.3 Å². The zero-order valence-corrected chi connectivity index (χ0v) is 9.35. The molecule has 1 atom stereocenters. The molecule has 0 aromatic rings. The number of amides is 1. The molecule has 0 rings (SSSR count). The normalized spacial score (nSPS) is 12.5. The summed E-state index contributed by atoms with van der Waals surface area (Å²) in [5, 5.41) is 2.51. The maximum atomic E-state index is 10.8. The molecule has 0 aromatic heterocycles. The molecule has 0 bridgehead atoms. The molecular formula is C7H13LiNO4S-. The van der Waals surface area contributed by atoms with Gasteiger partial charge in [-0.15, -0.1) is 0 Å². The van der Waals surface area contributed by atoms with Crippen LogP contribution < -0.4 is 24.2 Å². The van der Waals surface area contributed by atoms with Crippen molar-refractivity contribution in [2.45, 2.75) is 19.4 Å². The van der Waals surface area contributed by atoms with E-state index in [1.807, 2.05) is 0 Å².